The van der Waals surface area contributed by atoms with Gasteiger partial charge < -0.3 is 4.90 Å². The summed E-state index contributed by atoms with van der Waals surface area (Å²) in [5.74, 6) is -2.78. The molecule has 1 aliphatic rings. The number of likely N-dealkylation sites (N-methyl/N-ethyl adjacent to an activating group) is 1. The Kier molecular flexibility index (Phi) is 6.58. The van der Waals surface area contributed by atoms with Crippen LogP contribution in [0.25, 0.3) is 0 Å². The van der Waals surface area contributed by atoms with E-state index in [9.17, 15) is 13.6 Å². The summed E-state index contributed by atoms with van der Waals surface area (Å²) in [7, 11) is 1.71. The van der Waals surface area contributed by atoms with Crippen molar-refractivity contribution in [2.45, 2.75) is 24.8 Å². The zero-order valence-corrected chi connectivity index (χ0v) is 17.1. The van der Waals surface area contributed by atoms with E-state index >= 15 is 0 Å². The summed E-state index contributed by atoms with van der Waals surface area (Å²) in [5, 5.41) is 0.830. The highest BCUT2D eigenvalue weighted by molar-refractivity contribution is 6.42. The van der Waals surface area contributed by atoms with Crippen molar-refractivity contribution < 1.29 is 13.6 Å². The van der Waals surface area contributed by atoms with Gasteiger partial charge in [0.25, 0.3) is 5.92 Å². The quantitative estimate of drug-likeness (QED) is 0.642. The van der Waals surface area contributed by atoms with Gasteiger partial charge in [-0.1, -0.05) is 59.6 Å². The van der Waals surface area contributed by atoms with Crippen LogP contribution in [0, 0.1) is 0 Å². The average Bonchev–Trinajstić information content (AvgIpc) is 3.01. The van der Waals surface area contributed by atoms with Crippen molar-refractivity contribution in [3.63, 3.8) is 0 Å². The molecule has 0 spiro atoms. The lowest BCUT2D eigenvalue weighted by Crippen LogP contribution is -2.40. The number of hydrogen-bond donors (Lipinski definition) is 0. The number of carbonyl (C=O) groups is 1. The lowest BCUT2D eigenvalue weighted by atomic mass is 10.0. The first kappa shape index (κ1) is 21.0. The fraction of sp³-hybridized carbons (Fsp3) is 0.381. The molecular formula is C21H22Cl2F2N2O. The number of likely N-dealkylation sites (tertiary alicyclic amines) is 1. The predicted octanol–water partition coefficient (Wildman–Crippen LogP) is 5.08. The van der Waals surface area contributed by atoms with E-state index in [0.717, 1.165) is 11.1 Å². The first-order valence-electron chi connectivity index (χ1n) is 9.10. The molecule has 7 heteroatoms. The van der Waals surface area contributed by atoms with Gasteiger partial charge in [-0.2, -0.15) is 0 Å². The van der Waals surface area contributed by atoms with E-state index in [0.29, 0.717) is 23.1 Å². The highest BCUT2D eigenvalue weighted by Gasteiger charge is 2.39. The topological polar surface area (TPSA) is 23.6 Å². The number of hydrogen-bond acceptors (Lipinski definition) is 2. The van der Waals surface area contributed by atoms with E-state index in [2.05, 4.69) is 0 Å². The third-order valence-corrected chi connectivity index (χ3v) is 5.80. The minimum absolute atomic E-state index is 0.113. The fourth-order valence-corrected chi connectivity index (χ4v) is 3.78. The van der Waals surface area contributed by atoms with Crippen LogP contribution in [0.4, 0.5) is 8.78 Å². The van der Waals surface area contributed by atoms with Crippen LogP contribution >= 0.6 is 23.2 Å². The number of rotatable bonds is 6. The van der Waals surface area contributed by atoms with Crippen LogP contribution in [-0.4, -0.2) is 48.3 Å². The molecule has 1 aliphatic heterocycles. The Morgan fingerprint density at radius 1 is 1.18 bits per heavy atom. The summed E-state index contributed by atoms with van der Waals surface area (Å²) in [5.41, 5.74) is 1.67. The van der Waals surface area contributed by atoms with Crippen molar-refractivity contribution in [2.75, 3.05) is 26.7 Å². The van der Waals surface area contributed by atoms with Gasteiger partial charge in [0.1, 0.15) is 0 Å². The van der Waals surface area contributed by atoms with Crippen molar-refractivity contribution in [3.05, 3.63) is 69.7 Å². The molecule has 1 saturated heterocycles. The van der Waals surface area contributed by atoms with Crippen molar-refractivity contribution in [1.82, 2.24) is 9.80 Å². The second kappa shape index (κ2) is 8.76. The van der Waals surface area contributed by atoms with Crippen LogP contribution < -0.4 is 0 Å². The summed E-state index contributed by atoms with van der Waals surface area (Å²) in [6.45, 7) is 0.416. The molecular weight excluding hydrogens is 405 g/mol. The first-order valence-corrected chi connectivity index (χ1v) is 9.85. The maximum atomic E-state index is 13.6. The zero-order valence-electron chi connectivity index (χ0n) is 15.5. The molecule has 1 atom stereocenters. The molecule has 0 N–H and O–H groups in total. The van der Waals surface area contributed by atoms with Gasteiger partial charge in [0.2, 0.25) is 5.91 Å². The molecule has 0 aliphatic carbocycles. The first-order chi connectivity index (χ1) is 13.2. The molecule has 0 unspecified atom stereocenters. The second-order valence-corrected chi connectivity index (χ2v) is 8.01. The van der Waals surface area contributed by atoms with E-state index in [-0.39, 0.29) is 31.3 Å². The van der Waals surface area contributed by atoms with Gasteiger partial charge in [0, 0.05) is 26.6 Å². The summed E-state index contributed by atoms with van der Waals surface area (Å²) in [6.07, 6.45) is 0.0162. The molecule has 150 valence electrons. The van der Waals surface area contributed by atoms with Crippen LogP contribution in [0.3, 0.4) is 0 Å². The molecule has 1 heterocycles. The molecule has 0 saturated carbocycles. The van der Waals surface area contributed by atoms with Gasteiger partial charge in [-0.05, 0) is 23.3 Å². The van der Waals surface area contributed by atoms with E-state index in [1.165, 1.54) is 0 Å². The van der Waals surface area contributed by atoms with Crippen LogP contribution in [-0.2, 0) is 11.2 Å². The summed E-state index contributed by atoms with van der Waals surface area (Å²) < 4.78 is 27.2. The summed E-state index contributed by atoms with van der Waals surface area (Å²) in [6, 6.07) is 14.3. The number of nitrogens with zero attached hydrogens (tertiary/aromatic N) is 2. The Hall–Kier alpha value is -1.69. The highest BCUT2D eigenvalue weighted by Crippen LogP contribution is 2.30. The molecule has 2 aromatic carbocycles. The Bertz CT molecular complexity index is 832. The van der Waals surface area contributed by atoms with E-state index in [1.54, 1.807) is 35.0 Å². The SMILES string of the molecule is CN(C(=O)Cc1ccc(Cl)c(Cl)c1)[C@H](CN1CCC(F)(F)C1)c1ccccc1. The Morgan fingerprint density at radius 3 is 2.50 bits per heavy atom. The van der Waals surface area contributed by atoms with Gasteiger partial charge in [-0.25, -0.2) is 8.78 Å². The minimum Gasteiger partial charge on any atom is -0.337 e. The third kappa shape index (κ3) is 5.22. The van der Waals surface area contributed by atoms with E-state index in [4.69, 9.17) is 23.2 Å². The normalized spacial score (nSPS) is 17.5. The number of amides is 1. The Balaban J connectivity index is 1.76. The molecule has 28 heavy (non-hydrogen) atoms. The predicted molar refractivity (Wildman–Crippen MR) is 108 cm³/mol. The third-order valence-electron chi connectivity index (χ3n) is 5.06. The van der Waals surface area contributed by atoms with Gasteiger partial charge in [0.05, 0.1) is 29.1 Å². The number of halogens is 4. The van der Waals surface area contributed by atoms with Crippen LogP contribution in [0.15, 0.2) is 48.5 Å². The number of carbonyl (C=O) groups excluding carboxylic acids is 1. The van der Waals surface area contributed by atoms with Crippen LogP contribution in [0.2, 0.25) is 10.0 Å². The molecule has 1 amide bonds. The monoisotopic (exact) mass is 426 g/mol. The smallest absolute Gasteiger partial charge is 0.261 e. The molecule has 1 fully saturated rings. The lowest BCUT2D eigenvalue weighted by molar-refractivity contribution is -0.131. The van der Waals surface area contributed by atoms with Crippen molar-refractivity contribution in [2.24, 2.45) is 0 Å². The molecule has 3 nitrogen and oxygen atoms in total. The fourth-order valence-electron chi connectivity index (χ4n) is 3.46. The maximum absolute atomic E-state index is 13.6. The van der Waals surface area contributed by atoms with Crippen molar-refractivity contribution >= 4 is 29.1 Å². The minimum atomic E-state index is -2.66. The molecule has 2 aromatic rings. The molecule has 0 bridgehead atoms. The lowest BCUT2D eigenvalue weighted by Gasteiger charge is -2.32. The largest absolute Gasteiger partial charge is 0.337 e. The van der Waals surface area contributed by atoms with Gasteiger partial charge in [-0.15, -0.1) is 0 Å². The molecule has 0 radical (unpaired) electrons. The van der Waals surface area contributed by atoms with E-state index < -0.39 is 5.92 Å². The Labute approximate surface area is 173 Å². The second-order valence-electron chi connectivity index (χ2n) is 7.20. The van der Waals surface area contributed by atoms with Crippen LogP contribution in [0.5, 0.6) is 0 Å². The summed E-state index contributed by atoms with van der Waals surface area (Å²) in [4.78, 5) is 16.3. The molecule has 3 rings (SSSR count). The van der Waals surface area contributed by atoms with E-state index in [1.807, 2.05) is 30.3 Å². The summed E-state index contributed by atoms with van der Waals surface area (Å²) >= 11 is 12.0. The van der Waals surface area contributed by atoms with Crippen molar-refractivity contribution in [1.29, 1.82) is 0 Å². The molecule has 0 aromatic heterocycles. The zero-order chi connectivity index (χ0) is 20.3. The van der Waals surface area contributed by atoms with Crippen molar-refractivity contribution in [3.8, 4) is 0 Å². The number of alkyl halides is 2. The Morgan fingerprint density at radius 2 is 1.89 bits per heavy atom. The van der Waals surface area contributed by atoms with Gasteiger partial charge in [-0.3, -0.25) is 9.69 Å². The number of benzene rings is 2. The highest BCUT2D eigenvalue weighted by atomic mass is 35.5. The van der Waals surface area contributed by atoms with Crippen LogP contribution in [0.1, 0.15) is 23.6 Å². The van der Waals surface area contributed by atoms with Gasteiger partial charge in [0.15, 0.2) is 0 Å². The average molecular weight is 427 g/mol. The van der Waals surface area contributed by atoms with Gasteiger partial charge >= 0.3 is 0 Å². The standard InChI is InChI=1S/C21H22Cl2F2N2O/c1-26(20(28)12-15-7-8-17(22)18(23)11-15)19(16-5-3-2-4-6-16)13-27-10-9-21(24,25)14-27/h2-8,11,19H,9-10,12-14H2,1H3/t19-/m1/s1. The maximum Gasteiger partial charge on any atom is 0.261 e.